The monoisotopic (exact) mass is 155 g/mol. The molecular formula is C8H17N3. The molecule has 3 heteroatoms. The molecule has 0 saturated carbocycles. The maximum absolute atomic E-state index is 4.11. The van der Waals surface area contributed by atoms with Gasteiger partial charge in [0.25, 0.3) is 0 Å². The van der Waals surface area contributed by atoms with Gasteiger partial charge in [-0.15, -0.1) is 0 Å². The van der Waals surface area contributed by atoms with Crippen molar-refractivity contribution in [3.8, 4) is 0 Å². The van der Waals surface area contributed by atoms with E-state index in [1.165, 1.54) is 0 Å². The van der Waals surface area contributed by atoms with Crippen LogP contribution in [0.5, 0.6) is 0 Å². The van der Waals surface area contributed by atoms with E-state index in [1.807, 2.05) is 13.1 Å². The second kappa shape index (κ2) is 4.11. The molecule has 1 N–H and O–H groups in total. The van der Waals surface area contributed by atoms with Crippen molar-refractivity contribution in [2.45, 2.75) is 20.8 Å². The Hall–Kier alpha value is -0.860. The fourth-order valence-electron chi connectivity index (χ4n) is 0.607. The number of aliphatic imine (C=N–C) groups is 1. The molecule has 0 radical (unpaired) electrons. The molecule has 0 unspecified atom stereocenters. The fourth-order valence-corrected chi connectivity index (χ4v) is 0.607. The highest BCUT2D eigenvalue weighted by molar-refractivity contribution is 6.00. The van der Waals surface area contributed by atoms with E-state index in [4.69, 9.17) is 0 Å². The lowest BCUT2D eigenvalue weighted by Crippen LogP contribution is -2.24. The minimum Gasteiger partial charge on any atom is -0.313 e. The molecule has 0 aliphatic rings. The summed E-state index contributed by atoms with van der Waals surface area (Å²) in [7, 11) is 3.58. The van der Waals surface area contributed by atoms with Crippen molar-refractivity contribution in [1.82, 2.24) is 5.43 Å². The number of nitrogens with one attached hydrogen (secondary N) is 1. The van der Waals surface area contributed by atoms with Crippen LogP contribution >= 0.6 is 0 Å². The molecule has 0 rings (SSSR count). The van der Waals surface area contributed by atoms with E-state index in [0.29, 0.717) is 0 Å². The Morgan fingerprint density at radius 1 is 1.45 bits per heavy atom. The van der Waals surface area contributed by atoms with Gasteiger partial charge in [-0.3, -0.25) is 4.99 Å². The zero-order valence-corrected chi connectivity index (χ0v) is 7.97. The summed E-state index contributed by atoms with van der Waals surface area (Å²) in [6, 6.07) is 0. The number of nitrogens with zero attached hydrogens (tertiary/aromatic N) is 2. The molecule has 0 spiro atoms. The number of rotatable bonds is 3. The van der Waals surface area contributed by atoms with E-state index in [1.54, 1.807) is 14.1 Å². The highest BCUT2D eigenvalue weighted by atomic mass is 15.3. The zero-order valence-electron chi connectivity index (χ0n) is 7.97. The quantitative estimate of drug-likeness (QED) is 0.484. The molecule has 0 bridgehead atoms. The van der Waals surface area contributed by atoms with Gasteiger partial charge in [0.15, 0.2) is 0 Å². The van der Waals surface area contributed by atoms with Gasteiger partial charge >= 0.3 is 0 Å². The highest BCUT2D eigenvalue weighted by Gasteiger charge is 2.17. The first-order valence-corrected chi connectivity index (χ1v) is 3.69. The summed E-state index contributed by atoms with van der Waals surface area (Å²) in [5, 5.41) is 3.96. The summed E-state index contributed by atoms with van der Waals surface area (Å²) < 4.78 is 0. The minimum absolute atomic E-state index is 0.0439. The molecule has 0 atom stereocenters. The number of hydrogen-bond acceptors (Lipinski definition) is 3. The molecule has 0 aliphatic heterocycles. The van der Waals surface area contributed by atoms with Crippen molar-refractivity contribution >= 4 is 11.9 Å². The van der Waals surface area contributed by atoms with Gasteiger partial charge in [-0.1, -0.05) is 0 Å². The predicted octanol–water partition coefficient (Wildman–Crippen LogP) is 1.31. The molecule has 0 saturated heterocycles. The van der Waals surface area contributed by atoms with Gasteiger partial charge in [-0.05, 0) is 20.8 Å². The molecule has 0 fully saturated rings. The summed E-state index contributed by atoms with van der Waals surface area (Å²) >= 11 is 0. The third kappa shape index (κ3) is 3.16. The Bertz CT molecular complexity index is 168. The first-order chi connectivity index (χ1) is 5.04. The molecule has 0 heterocycles. The van der Waals surface area contributed by atoms with Crippen LogP contribution in [0.2, 0.25) is 0 Å². The first-order valence-electron chi connectivity index (χ1n) is 3.69. The molecule has 64 valence electrons. The summed E-state index contributed by atoms with van der Waals surface area (Å²) in [4.78, 5) is 4.11. The molecule has 0 aromatic heterocycles. The van der Waals surface area contributed by atoms with Crippen LogP contribution in [-0.2, 0) is 0 Å². The third-order valence-electron chi connectivity index (χ3n) is 1.78. The van der Waals surface area contributed by atoms with Gasteiger partial charge in [0.2, 0.25) is 0 Å². The van der Waals surface area contributed by atoms with Crippen molar-refractivity contribution in [3.05, 3.63) is 0 Å². The lowest BCUT2D eigenvalue weighted by Gasteiger charge is -2.17. The minimum atomic E-state index is -0.0439. The van der Waals surface area contributed by atoms with Crippen LogP contribution < -0.4 is 5.43 Å². The Labute approximate surface area is 68.6 Å². The van der Waals surface area contributed by atoms with Crippen LogP contribution in [0.1, 0.15) is 20.8 Å². The SMILES string of the molecule is CN=C(C)C(C)(C)/C=N\NC. The normalized spacial score (nSPS) is 14.1. The van der Waals surface area contributed by atoms with Crippen molar-refractivity contribution in [2.75, 3.05) is 14.1 Å². The maximum atomic E-state index is 4.11. The average molecular weight is 155 g/mol. The van der Waals surface area contributed by atoms with E-state index >= 15 is 0 Å². The van der Waals surface area contributed by atoms with Crippen LogP contribution in [0, 0.1) is 5.41 Å². The zero-order chi connectivity index (χ0) is 8.91. The summed E-state index contributed by atoms with van der Waals surface area (Å²) in [6.45, 7) is 6.16. The van der Waals surface area contributed by atoms with Crippen LogP contribution in [0.4, 0.5) is 0 Å². The van der Waals surface area contributed by atoms with Gasteiger partial charge in [-0.2, -0.15) is 5.10 Å². The number of hydrazone groups is 1. The largest absolute Gasteiger partial charge is 0.313 e. The van der Waals surface area contributed by atoms with Crippen molar-refractivity contribution < 1.29 is 0 Å². The molecular weight excluding hydrogens is 138 g/mol. The van der Waals surface area contributed by atoms with Crippen LogP contribution in [-0.4, -0.2) is 26.0 Å². The van der Waals surface area contributed by atoms with Crippen molar-refractivity contribution in [2.24, 2.45) is 15.5 Å². The Balaban J connectivity index is 4.33. The van der Waals surface area contributed by atoms with Crippen LogP contribution in [0.3, 0.4) is 0 Å². The van der Waals surface area contributed by atoms with E-state index in [-0.39, 0.29) is 5.41 Å². The summed E-state index contributed by atoms with van der Waals surface area (Å²) in [5.74, 6) is 0. The Morgan fingerprint density at radius 2 is 2.00 bits per heavy atom. The Morgan fingerprint density at radius 3 is 2.36 bits per heavy atom. The summed E-state index contributed by atoms with van der Waals surface area (Å²) in [5.41, 5.74) is 3.75. The second-order valence-electron chi connectivity index (χ2n) is 3.01. The molecule has 3 nitrogen and oxygen atoms in total. The first kappa shape index (κ1) is 10.1. The van der Waals surface area contributed by atoms with E-state index in [9.17, 15) is 0 Å². The maximum Gasteiger partial charge on any atom is 0.0393 e. The van der Waals surface area contributed by atoms with E-state index in [0.717, 1.165) is 5.71 Å². The topological polar surface area (TPSA) is 36.8 Å². The smallest absolute Gasteiger partial charge is 0.0393 e. The molecule has 0 amide bonds. The average Bonchev–Trinajstić information content (AvgIpc) is 1.99. The number of hydrogen-bond donors (Lipinski definition) is 1. The van der Waals surface area contributed by atoms with Gasteiger partial charge in [0.1, 0.15) is 0 Å². The van der Waals surface area contributed by atoms with E-state index in [2.05, 4.69) is 29.4 Å². The molecule has 11 heavy (non-hydrogen) atoms. The van der Waals surface area contributed by atoms with Crippen molar-refractivity contribution in [1.29, 1.82) is 0 Å². The predicted molar refractivity (Wildman–Crippen MR) is 50.4 cm³/mol. The van der Waals surface area contributed by atoms with Crippen LogP contribution in [0.25, 0.3) is 0 Å². The third-order valence-corrected chi connectivity index (χ3v) is 1.78. The highest BCUT2D eigenvalue weighted by Crippen LogP contribution is 2.13. The lowest BCUT2D eigenvalue weighted by molar-refractivity contribution is 0.724. The molecule has 0 aromatic rings. The van der Waals surface area contributed by atoms with Gasteiger partial charge in [0.05, 0.1) is 0 Å². The van der Waals surface area contributed by atoms with Gasteiger partial charge < -0.3 is 5.43 Å². The van der Waals surface area contributed by atoms with Crippen molar-refractivity contribution in [3.63, 3.8) is 0 Å². The lowest BCUT2D eigenvalue weighted by atomic mass is 9.90. The fraction of sp³-hybridized carbons (Fsp3) is 0.750. The molecule has 0 aromatic carbocycles. The van der Waals surface area contributed by atoms with Gasteiger partial charge in [0, 0.05) is 31.4 Å². The van der Waals surface area contributed by atoms with E-state index < -0.39 is 0 Å². The Kier molecular flexibility index (Phi) is 3.79. The summed E-state index contributed by atoms with van der Waals surface area (Å²) in [6.07, 6.45) is 1.86. The second-order valence-corrected chi connectivity index (χ2v) is 3.01. The van der Waals surface area contributed by atoms with Crippen LogP contribution in [0.15, 0.2) is 10.1 Å². The molecule has 0 aliphatic carbocycles. The standard InChI is InChI=1S/C8H17N3/c1-7(9-4)8(2,3)6-11-10-5/h6,10H,1-5H3/b9-7?,11-6-. The van der Waals surface area contributed by atoms with Gasteiger partial charge in [-0.25, -0.2) is 0 Å².